The molecular weight excluding hydrogens is 364 g/mol. The Balaban J connectivity index is 1.59. The number of thioether (sulfide) groups is 1. The average molecular weight is 383 g/mol. The summed E-state index contributed by atoms with van der Waals surface area (Å²) in [6.07, 6.45) is 0.213. The molecule has 0 unspecified atom stereocenters. The molecule has 0 bridgehead atoms. The maximum atomic E-state index is 12.5. The Hall–Kier alpha value is -1.73. The molecule has 3 atom stereocenters. The van der Waals surface area contributed by atoms with Gasteiger partial charge in [-0.05, 0) is 44.5 Å². The topological polar surface area (TPSA) is 75.7 Å². The third kappa shape index (κ3) is 3.62. The third-order valence-electron chi connectivity index (χ3n) is 4.49. The summed E-state index contributed by atoms with van der Waals surface area (Å²) in [4.78, 5) is 38.0. The zero-order chi connectivity index (χ0) is 18.2. The monoisotopic (exact) mass is 382 g/mol. The van der Waals surface area contributed by atoms with Gasteiger partial charge in [0.1, 0.15) is 6.04 Å². The molecule has 0 aliphatic carbocycles. The van der Waals surface area contributed by atoms with E-state index in [9.17, 15) is 14.4 Å². The molecule has 2 amide bonds. The van der Waals surface area contributed by atoms with Crippen LogP contribution >= 0.6 is 23.4 Å². The summed E-state index contributed by atoms with van der Waals surface area (Å²) in [5.74, 6) is -0.512. The van der Waals surface area contributed by atoms with Crippen LogP contribution in [-0.2, 0) is 19.1 Å². The zero-order valence-electron chi connectivity index (χ0n) is 14.0. The first-order chi connectivity index (χ1) is 11.8. The Morgan fingerprint density at radius 3 is 2.76 bits per heavy atom. The highest BCUT2D eigenvalue weighted by atomic mass is 35.5. The van der Waals surface area contributed by atoms with Gasteiger partial charge in [0.25, 0.3) is 5.91 Å². The van der Waals surface area contributed by atoms with Crippen LogP contribution in [0.4, 0.5) is 5.69 Å². The molecule has 2 fully saturated rings. The van der Waals surface area contributed by atoms with Crippen LogP contribution in [0.25, 0.3) is 0 Å². The second-order valence-electron chi connectivity index (χ2n) is 6.34. The molecule has 2 saturated heterocycles. The van der Waals surface area contributed by atoms with Crippen molar-refractivity contribution in [3.63, 3.8) is 0 Å². The Bertz CT molecular complexity index is 711. The number of hydrogen-bond donors (Lipinski definition) is 1. The van der Waals surface area contributed by atoms with E-state index < -0.39 is 24.0 Å². The number of carbonyl (C=O) groups is 3. The Morgan fingerprint density at radius 1 is 1.40 bits per heavy atom. The van der Waals surface area contributed by atoms with Gasteiger partial charge in [-0.15, -0.1) is 11.8 Å². The second-order valence-corrected chi connectivity index (χ2v) is 8.28. The van der Waals surface area contributed by atoms with Gasteiger partial charge < -0.3 is 15.0 Å². The van der Waals surface area contributed by atoms with Gasteiger partial charge in [-0.3, -0.25) is 9.59 Å². The average Bonchev–Trinajstić information content (AvgIpc) is 3.06. The molecule has 0 spiro atoms. The van der Waals surface area contributed by atoms with Gasteiger partial charge in [0.2, 0.25) is 5.91 Å². The number of nitrogens with one attached hydrogen (secondary N) is 1. The lowest BCUT2D eigenvalue weighted by Crippen LogP contribution is -2.48. The molecule has 2 aliphatic heterocycles. The number of fused-ring (bicyclic) bond motifs is 1. The third-order valence-corrected chi connectivity index (χ3v) is 6.25. The highest BCUT2D eigenvalue weighted by molar-refractivity contribution is 8.01. The van der Waals surface area contributed by atoms with Crippen molar-refractivity contribution >= 4 is 46.8 Å². The van der Waals surface area contributed by atoms with Crippen molar-refractivity contribution < 1.29 is 19.1 Å². The van der Waals surface area contributed by atoms with Gasteiger partial charge >= 0.3 is 5.97 Å². The van der Waals surface area contributed by atoms with Crippen LogP contribution in [0.5, 0.6) is 0 Å². The van der Waals surface area contributed by atoms with Crippen LogP contribution in [0, 0.1) is 0 Å². The summed E-state index contributed by atoms with van der Waals surface area (Å²) in [7, 11) is 0. The molecule has 8 heteroatoms. The number of rotatable bonds is 4. The van der Waals surface area contributed by atoms with Crippen LogP contribution < -0.4 is 5.32 Å². The standard InChI is InChI=1S/C17H19ClN2O4S/c1-10(15(22)19-12-5-3-11(18)4-6-12)24-16(23)13-9-25-17(2)8-7-14(21)20(13)17/h3-6,10,13H,7-9H2,1-2H3,(H,19,22)/t10-,13+,17+/m1/s1. The van der Waals surface area contributed by atoms with Gasteiger partial charge in [-0.25, -0.2) is 4.79 Å². The quantitative estimate of drug-likeness (QED) is 0.810. The molecule has 0 aromatic heterocycles. The number of anilines is 1. The number of benzene rings is 1. The normalized spacial score (nSPS) is 26.3. The Morgan fingerprint density at radius 2 is 2.08 bits per heavy atom. The summed E-state index contributed by atoms with van der Waals surface area (Å²) < 4.78 is 5.31. The zero-order valence-corrected chi connectivity index (χ0v) is 15.5. The van der Waals surface area contributed by atoms with Crippen molar-refractivity contribution in [2.75, 3.05) is 11.1 Å². The fourth-order valence-electron chi connectivity index (χ4n) is 3.08. The minimum atomic E-state index is -0.960. The molecule has 134 valence electrons. The van der Waals surface area contributed by atoms with E-state index >= 15 is 0 Å². The van der Waals surface area contributed by atoms with E-state index in [-0.39, 0.29) is 10.8 Å². The minimum Gasteiger partial charge on any atom is -0.451 e. The molecule has 6 nitrogen and oxygen atoms in total. The van der Waals surface area contributed by atoms with Crippen molar-refractivity contribution in [3.8, 4) is 0 Å². The smallest absolute Gasteiger partial charge is 0.330 e. The molecule has 2 heterocycles. The molecule has 1 N–H and O–H groups in total. The van der Waals surface area contributed by atoms with Crippen LogP contribution in [0.3, 0.4) is 0 Å². The van der Waals surface area contributed by atoms with E-state index in [2.05, 4.69) is 5.32 Å². The SMILES string of the molecule is C[C@@H](OC(=O)[C@@H]1CS[C@@]2(C)CCC(=O)N12)C(=O)Nc1ccc(Cl)cc1. The first-order valence-corrected chi connectivity index (χ1v) is 9.39. The van der Waals surface area contributed by atoms with E-state index in [4.69, 9.17) is 16.3 Å². The molecule has 1 aromatic rings. The van der Waals surface area contributed by atoms with E-state index in [1.54, 1.807) is 40.9 Å². The fraction of sp³-hybridized carbons (Fsp3) is 0.471. The van der Waals surface area contributed by atoms with Crippen molar-refractivity contribution in [1.29, 1.82) is 0 Å². The number of carbonyl (C=O) groups excluding carboxylic acids is 3. The first-order valence-electron chi connectivity index (χ1n) is 8.03. The van der Waals surface area contributed by atoms with Crippen molar-refractivity contribution in [2.24, 2.45) is 0 Å². The summed E-state index contributed by atoms with van der Waals surface area (Å²) in [6, 6.07) is 6.01. The van der Waals surface area contributed by atoms with Gasteiger partial charge in [-0.1, -0.05) is 11.6 Å². The minimum absolute atomic E-state index is 0.0345. The largest absolute Gasteiger partial charge is 0.451 e. The maximum absolute atomic E-state index is 12.5. The van der Waals surface area contributed by atoms with Gasteiger partial charge in [0.05, 0.1) is 4.87 Å². The van der Waals surface area contributed by atoms with Gasteiger partial charge in [0.15, 0.2) is 6.10 Å². The lowest BCUT2D eigenvalue weighted by Gasteiger charge is -2.29. The lowest BCUT2D eigenvalue weighted by atomic mass is 10.2. The van der Waals surface area contributed by atoms with E-state index in [0.717, 1.165) is 6.42 Å². The van der Waals surface area contributed by atoms with Crippen molar-refractivity contribution in [2.45, 2.75) is 43.7 Å². The van der Waals surface area contributed by atoms with Crippen molar-refractivity contribution in [1.82, 2.24) is 4.90 Å². The van der Waals surface area contributed by atoms with Gasteiger partial charge in [0, 0.05) is 22.9 Å². The molecule has 25 heavy (non-hydrogen) atoms. The summed E-state index contributed by atoms with van der Waals surface area (Å²) in [6.45, 7) is 3.47. The lowest BCUT2D eigenvalue weighted by molar-refractivity contribution is -0.160. The number of amides is 2. The molecule has 1 aromatic carbocycles. The molecule has 0 radical (unpaired) electrons. The molecular formula is C17H19ClN2O4S. The van der Waals surface area contributed by atoms with Crippen LogP contribution in [0.2, 0.25) is 5.02 Å². The van der Waals surface area contributed by atoms with E-state index in [1.807, 2.05) is 6.92 Å². The molecule has 0 saturated carbocycles. The number of hydrogen-bond acceptors (Lipinski definition) is 5. The van der Waals surface area contributed by atoms with Crippen LogP contribution in [-0.4, -0.2) is 45.5 Å². The van der Waals surface area contributed by atoms with Crippen molar-refractivity contribution in [3.05, 3.63) is 29.3 Å². The van der Waals surface area contributed by atoms with E-state index in [0.29, 0.717) is 22.9 Å². The highest BCUT2D eigenvalue weighted by Crippen LogP contribution is 2.47. The summed E-state index contributed by atoms with van der Waals surface area (Å²) in [5, 5.41) is 3.23. The number of ether oxygens (including phenoxy) is 1. The van der Waals surface area contributed by atoms with Crippen LogP contribution in [0.15, 0.2) is 24.3 Å². The maximum Gasteiger partial charge on any atom is 0.330 e. The molecule has 3 rings (SSSR count). The number of halogens is 1. The highest BCUT2D eigenvalue weighted by Gasteiger charge is 2.53. The van der Waals surface area contributed by atoms with Crippen LogP contribution in [0.1, 0.15) is 26.7 Å². The summed E-state index contributed by atoms with van der Waals surface area (Å²) in [5.41, 5.74) is 0.566. The fourth-order valence-corrected chi connectivity index (χ4v) is 4.62. The molecule has 2 aliphatic rings. The Labute approximate surface area is 155 Å². The first kappa shape index (κ1) is 18.1. The summed E-state index contributed by atoms with van der Waals surface area (Å²) >= 11 is 7.39. The second kappa shape index (κ2) is 6.88. The van der Waals surface area contributed by atoms with Gasteiger partial charge in [-0.2, -0.15) is 0 Å². The predicted molar refractivity (Wildman–Crippen MR) is 96.4 cm³/mol. The van der Waals surface area contributed by atoms with E-state index in [1.165, 1.54) is 6.92 Å². The number of esters is 1. The Kier molecular flexibility index (Phi) is 4.97. The number of nitrogens with zero attached hydrogens (tertiary/aromatic N) is 1. The predicted octanol–water partition coefficient (Wildman–Crippen LogP) is 2.66.